The molecule has 26 heavy (non-hydrogen) atoms. The van der Waals surface area contributed by atoms with Crippen molar-refractivity contribution in [3.05, 3.63) is 47.5 Å². The third-order valence-electron chi connectivity index (χ3n) is 6.26. The zero-order chi connectivity index (χ0) is 17.7. The van der Waals surface area contributed by atoms with Gasteiger partial charge in [-0.25, -0.2) is 0 Å². The van der Waals surface area contributed by atoms with Gasteiger partial charge < -0.3 is 14.8 Å². The van der Waals surface area contributed by atoms with Crippen LogP contribution >= 0.6 is 0 Å². The van der Waals surface area contributed by atoms with Crippen molar-refractivity contribution in [3.63, 3.8) is 0 Å². The fourth-order valence-electron chi connectivity index (χ4n) is 4.85. The van der Waals surface area contributed by atoms with Crippen molar-refractivity contribution in [2.75, 3.05) is 19.6 Å². The molecule has 1 amide bonds. The van der Waals surface area contributed by atoms with Crippen LogP contribution in [0, 0.1) is 17.8 Å². The van der Waals surface area contributed by atoms with E-state index in [0.29, 0.717) is 24.3 Å². The normalized spacial score (nSPS) is 29.3. The summed E-state index contributed by atoms with van der Waals surface area (Å²) in [5.74, 6) is 3.68. The van der Waals surface area contributed by atoms with E-state index in [1.165, 1.54) is 5.56 Å². The molecule has 1 aromatic heterocycles. The molecule has 6 heteroatoms. The third kappa shape index (κ3) is 2.63. The molecule has 4 atom stereocenters. The second-order valence-electron chi connectivity index (χ2n) is 7.97. The fourth-order valence-corrected chi connectivity index (χ4v) is 4.85. The fraction of sp³-hybridized carbons (Fsp3) is 0.550. The summed E-state index contributed by atoms with van der Waals surface area (Å²) in [5.41, 5.74) is 1.32. The predicted octanol–water partition coefficient (Wildman–Crippen LogP) is 1.43. The molecule has 0 radical (unpaired) electrons. The van der Waals surface area contributed by atoms with Gasteiger partial charge >= 0.3 is 0 Å². The summed E-state index contributed by atoms with van der Waals surface area (Å²) < 4.78 is 2.25. The quantitative estimate of drug-likeness (QED) is 0.905. The van der Waals surface area contributed by atoms with E-state index in [1.807, 2.05) is 11.0 Å². The first-order chi connectivity index (χ1) is 12.7. The standard InChI is InChI=1S/C20H25N5O/c1-13-11-24(20(26)19-15-9-21-10-16(15)19)12-18-23-22-17(25(13)18)8-7-14-5-3-2-4-6-14/h2-6,13,15-16,19,21H,7-12H2,1H3/t13-,15-,16+,19?/m0/s1. The number of rotatable bonds is 4. The van der Waals surface area contributed by atoms with E-state index < -0.39 is 0 Å². The van der Waals surface area contributed by atoms with Crippen molar-refractivity contribution < 1.29 is 4.79 Å². The second kappa shape index (κ2) is 6.20. The molecule has 1 N–H and O–H groups in total. The van der Waals surface area contributed by atoms with Crippen LogP contribution in [0.1, 0.15) is 30.2 Å². The predicted molar refractivity (Wildman–Crippen MR) is 97.3 cm³/mol. The molecule has 2 fully saturated rings. The molecule has 1 unspecified atom stereocenters. The molecule has 3 aliphatic rings. The molecule has 1 saturated heterocycles. The van der Waals surface area contributed by atoms with E-state index in [-0.39, 0.29) is 12.0 Å². The number of hydrogen-bond donors (Lipinski definition) is 1. The van der Waals surface area contributed by atoms with Gasteiger partial charge in [0.1, 0.15) is 5.82 Å². The minimum Gasteiger partial charge on any atom is -0.333 e. The lowest BCUT2D eigenvalue weighted by Crippen LogP contribution is -2.42. The number of amides is 1. The molecule has 1 saturated carbocycles. The summed E-state index contributed by atoms with van der Waals surface area (Å²) in [6, 6.07) is 10.7. The maximum Gasteiger partial charge on any atom is 0.226 e. The van der Waals surface area contributed by atoms with Gasteiger partial charge in [-0.1, -0.05) is 30.3 Å². The lowest BCUT2D eigenvalue weighted by atomic mass is 10.1. The van der Waals surface area contributed by atoms with Gasteiger partial charge in [0, 0.05) is 18.9 Å². The lowest BCUT2D eigenvalue weighted by molar-refractivity contribution is -0.135. The molecule has 2 aliphatic heterocycles. The van der Waals surface area contributed by atoms with E-state index in [1.54, 1.807) is 0 Å². The van der Waals surface area contributed by atoms with Crippen LogP contribution in [0.3, 0.4) is 0 Å². The zero-order valence-corrected chi connectivity index (χ0v) is 15.1. The van der Waals surface area contributed by atoms with Gasteiger partial charge in [-0.15, -0.1) is 10.2 Å². The Morgan fingerprint density at radius 2 is 1.92 bits per heavy atom. The molecule has 1 aromatic carbocycles. The Kier molecular flexibility index (Phi) is 3.81. The van der Waals surface area contributed by atoms with Gasteiger partial charge in [0.15, 0.2) is 5.82 Å². The number of nitrogens with one attached hydrogen (secondary N) is 1. The maximum atomic E-state index is 12.9. The number of aryl methyl sites for hydroxylation is 2. The van der Waals surface area contributed by atoms with Crippen molar-refractivity contribution in [1.82, 2.24) is 25.0 Å². The van der Waals surface area contributed by atoms with Crippen LogP contribution in [0.15, 0.2) is 30.3 Å². The summed E-state index contributed by atoms with van der Waals surface area (Å²) in [7, 11) is 0. The molecule has 0 bridgehead atoms. The summed E-state index contributed by atoms with van der Waals surface area (Å²) >= 11 is 0. The van der Waals surface area contributed by atoms with Crippen molar-refractivity contribution in [2.24, 2.45) is 17.8 Å². The molecule has 2 aromatic rings. The molecule has 6 nitrogen and oxygen atoms in total. The number of piperidine rings is 1. The largest absolute Gasteiger partial charge is 0.333 e. The van der Waals surface area contributed by atoms with Crippen LogP contribution in [0.4, 0.5) is 0 Å². The molecule has 1 aliphatic carbocycles. The average Bonchev–Trinajstić information content (AvgIpc) is 3.00. The van der Waals surface area contributed by atoms with Crippen LogP contribution in [0.2, 0.25) is 0 Å². The first-order valence-corrected chi connectivity index (χ1v) is 9.68. The molecular weight excluding hydrogens is 326 g/mol. The number of carbonyl (C=O) groups excluding carboxylic acids is 1. The summed E-state index contributed by atoms with van der Waals surface area (Å²) in [5, 5.41) is 12.2. The Hall–Kier alpha value is -2.21. The van der Waals surface area contributed by atoms with Crippen LogP contribution in [-0.4, -0.2) is 45.2 Å². The Balaban J connectivity index is 1.28. The first-order valence-electron chi connectivity index (χ1n) is 9.68. The van der Waals surface area contributed by atoms with Crippen LogP contribution in [0.25, 0.3) is 0 Å². The molecule has 5 rings (SSSR count). The van der Waals surface area contributed by atoms with Gasteiger partial charge in [-0.3, -0.25) is 4.79 Å². The zero-order valence-electron chi connectivity index (χ0n) is 15.1. The summed E-state index contributed by atoms with van der Waals surface area (Å²) in [4.78, 5) is 14.9. The Morgan fingerprint density at radius 1 is 1.15 bits per heavy atom. The van der Waals surface area contributed by atoms with Gasteiger partial charge in [0.2, 0.25) is 5.91 Å². The summed E-state index contributed by atoms with van der Waals surface area (Å²) in [6.07, 6.45) is 1.85. The lowest BCUT2D eigenvalue weighted by Gasteiger charge is -2.33. The van der Waals surface area contributed by atoms with Crippen molar-refractivity contribution >= 4 is 5.91 Å². The van der Waals surface area contributed by atoms with Crippen LogP contribution < -0.4 is 5.32 Å². The average molecular weight is 351 g/mol. The van der Waals surface area contributed by atoms with Crippen molar-refractivity contribution in [2.45, 2.75) is 32.4 Å². The number of fused-ring (bicyclic) bond motifs is 2. The minimum absolute atomic E-state index is 0.236. The van der Waals surface area contributed by atoms with Crippen molar-refractivity contribution in [1.29, 1.82) is 0 Å². The number of hydrogen-bond acceptors (Lipinski definition) is 4. The second-order valence-corrected chi connectivity index (χ2v) is 7.97. The molecule has 136 valence electrons. The minimum atomic E-state index is 0.236. The highest BCUT2D eigenvalue weighted by atomic mass is 16.2. The monoisotopic (exact) mass is 351 g/mol. The Labute approximate surface area is 153 Å². The highest BCUT2D eigenvalue weighted by molar-refractivity contribution is 5.82. The maximum absolute atomic E-state index is 12.9. The van der Waals surface area contributed by atoms with Crippen LogP contribution in [0.5, 0.6) is 0 Å². The van der Waals surface area contributed by atoms with Gasteiger partial charge in [0.25, 0.3) is 0 Å². The number of aromatic nitrogens is 3. The molecule has 3 heterocycles. The van der Waals surface area contributed by atoms with E-state index in [4.69, 9.17) is 0 Å². The van der Waals surface area contributed by atoms with E-state index in [0.717, 1.165) is 44.1 Å². The molecular formula is C20H25N5O. The smallest absolute Gasteiger partial charge is 0.226 e. The van der Waals surface area contributed by atoms with Crippen molar-refractivity contribution in [3.8, 4) is 0 Å². The van der Waals surface area contributed by atoms with Gasteiger partial charge in [-0.2, -0.15) is 0 Å². The van der Waals surface area contributed by atoms with E-state index in [9.17, 15) is 4.79 Å². The number of nitrogens with zero attached hydrogens (tertiary/aromatic N) is 4. The van der Waals surface area contributed by atoms with Crippen LogP contribution in [-0.2, 0) is 24.2 Å². The SMILES string of the molecule is C[C@H]1CN(C(=O)C2[C@H]3CNC[C@@H]23)Cc2nnc(CCc3ccccc3)n21. The number of benzene rings is 1. The summed E-state index contributed by atoms with van der Waals surface area (Å²) in [6.45, 7) is 5.55. The molecule has 0 spiro atoms. The van der Waals surface area contributed by atoms with E-state index in [2.05, 4.69) is 51.3 Å². The Morgan fingerprint density at radius 3 is 2.69 bits per heavy atom. The van der Waals surface area contributed by atoms with Gasteiger partial charge in [0.05, 0.1) is 12.6 Å². The first kappa shape index (κ1) is 16.0. The highest BCUT2D eigenvalue weighted by Gasteiger charge is 2.58. The van der Waals surface area contributed by atoms with Gasteiger partial charge in [-0.05, 0) is 43.8 Å². The highest BCUT2D eigenvalue weighted by Crippen LogP contribution is 2.50. The number of carbonyl (C=O) groups is 1. The third-order valence-corrected chi connectivity index (χ3v) is 6.26. The Bertz CT molecular complexity index is 807. The topological polar surface area (TPSA) is 63.1 Å². The van der Waals surface area contributed by atoms with E-state index >= 15 is 0 Å².